The first-order valence-corrected chi connectivity index (χ1v) is 7.14. The van der Waals surface area contributed by atoms with Gasteiger partial charge in [0.25, 0.3) is 0 Å². The van der Waals surface area contributed by atoms with Crippen LogP contribution in [0.1, 0.15) is 31.5 Å². The Bertz CT molecular complexity index is 493. The van der Waals surface area contributed by atoms with E-state index in [2.05, 4.69) is 4.98 Å². The summed E-state index contributed by atoms with van der Waals surface area (Å²) in [6.07, 6.45) is 0. The molecule has 0 saturated heterocycles. The number of nitrogens with zero attached hydrogens (tertiary/aromatic N) is 3. The Morgan fingerprint density at radius 1 is 1.40 bits per heavy atom. The molecule has 1 rings (SSSR count). The van der Waals surface area contributed by atoms with Crippen LogP contribution in [0, 0.1) is 6.92 Å². The van der Waals surface area contributed by atoms with E-state index in [4.69, 9.17) is 5.11 Å². The fraction of sp³-hybridized carbons (Fsp3) is 0.615. The van der Waals surface area contributed by atoms with Crippen molar-refractivity contribution in [3.05, 3.63) is 16.1 Å². The number of carboxylic acid groups (broad SMARTS) is 1. The van der Waals surface area contributed by atoms with Gasteiger partial charge in [-0.3, -0.25) is 4.79 Å². The van der Waals surface area contributed by atoms with E-state index in [9.17, 15) is 9.59 Å². The van der Waals surface area contributed by atoms with Crippen molar-refractivity contribution in [3.8, 4) is 0 Å². The molecule has 0 aliphatic rings. The van der Waals surface area contributed by atoms with Crippen LogP contribution in [0.25, 0.3) is 0 Å². The Labute approximate surface area is 123 Å². The number of rotatable bonds is 4. The van der Waals surface area contributed by atoms with Crippen molar-refractivity contribution in [2.24, 2.45) is 0 Å². The van der Waals surface area contributed by atoms with E-state index in [1.165, 1.54) is 21.1 Å². The van der Waals surface area contributed by atoms with Crippen molar-refractivity contribution < 1.29 is 14.7 Å². The van der Waals surface area contributed by atoms with Crippen LogP contribution < -0.4 is 0 Å². The maximum atomic E-state index is 12.4. The van der Waals surface area contributed by atoms with Gasteiger partial charge >= 0.3 is 12.0 Å². The van der Waals surface area contributed by atoms with Gasteiger partial charge in [0, 0.05) is 18.0 Å². The van der Waals surface area contributed by atoms with Gasteiger partial charge in [0.2, 0.25) is 0 Å². The molecule has 0 fully saturated rings. The minimum atomic E-state index is -1.02. The average Bonchev–Trinajstić information content (AvgIpc) is 2.69. The third-order valence-electron chi connectivity index (χ3n) is 2.73. The Morgan fingerprint density at radius 2 is 2.00 bits per heavy atom. The summed E-state index contributed by atoms with van der Waals surface area (Å²) < 4.78 is 0. The molecule has 0 aromatic carbocycles. The molecule has 7 heteroatoms. The highest BCUT2D eigenvalue weighted by molar-refractivity contribution is 7.09. The summed E-state index contributed by atoms with van der Waals surface area (Å²) in [5.74, 6) is -1.02. The standard InChI is InChI=1S/C13H21N3O3S/c1-9-14-10(8-20-9)6-15(5)12(19)16(7-11(17)18)13(2,3)4/h8H,6-7H2,1-5H3,(H,17,18). The zero-order valence-electron chi connectivity index (χ0n) is 12.5. The Hall–Kier alpha value is -1.63. The monoisotopic (exact) mass is 299 g/mol. The van der Waals surface area contributed by atoms with Crippen LogP contribution in [0.5, 0.6) is 0 Å². The molecule has 0 radical (unpaired) electrons. The number of aromatic nitrogens is 1. The highest BCUT2D eigenvalue weighted by Gasteiger charge is 2.30. The zero-order valence-corrected chi connectivity index (χ0v) is 13.3. The summed E-state index contributed by atoms with van der Waals surface area (Å²) in [5.41, 5.74) is 0.259. The number of carbonyl (C=O) groups is 2. The summed E-state index contributed by atoms with van der Waals surface area (Å²) in [5, 5.41) is 11.8. The summed E-state index contributed by atoms with van der Waals surface area (Å²) in [7, 11) is 1.65. The van der Waals surface area contributed by atoms with Crippen LogP contribution in [-0.2, 0) is 11.3 Å². The highest BCUT2D eigenvalue weighted by Crippen LogP contribution is 2.17. The molecule has 0 saturated carbocycles. The molecule has 0 unspecified atom stereocenters. The molecule has 0 aliphatic heterocycles. The van der Waals surface area contributed by atoms with Gasteiger partial charge < -0.3 is 14.9 Å². The van der Waals surface area contributed by atoms with Crippen LogP contribution in [0.15, 0.2) is 5.38 Å². The Balaban J connectivity index is 2.80. The molecule has 0 atom stereocenters. The normalized spacial score (nSPS) is 11.2. The van der Waals surface area contributed by atoms with Crippen LogP contribution in [0.4, 0.5) is 4.79 Å². The number of carboxylic acids is 1. The van der Waals surface area contributed by atoms with Gasteiger partial charge in [0.15, 0.2) is 0 Å². The second-order valence-corrected chi connectivity index (χ2v) is 6.71. The molecule has 2 amide bonds. The smallest absolute Gasteiger partial charge is 0.323 e. The van der Waals surface area contributed by atoms with E-state index in [1.54, 1.807) is 7.05 Å². The second-order valence-electron chi connectivity index (χ2n) is 5.65. The first-order valence-electron chi connectivity index (χ1n) is 6.27. The number of carbonyl (C=O) groups excluding carboxylic acids is 1. The fourth-order valence-corrected chi connectivity index (χ4v) is 2.33. The molecule has 1 heterocycles. The van der Waals surface area contributed by atoms with Crippen LogP contribution in [-0.4, -0.2) is 51.0 Å². The second kappa shape index (κ2) is 6.21. The SMILES string of the molecule is Cc1nc(CN(C)C(=O)N(CC(=O)O)C(C)(C)C)cs1. The molecule has 1 N–H and O–H groups in total. The molecule has 6 nitrogen and oxygen atoms in total. The third kappa shape index (κ3) is 4.48. The predicted octanol–water partition coefficient (Wildman–Crippen LogP) is 2.19. The summed E-state index contributed by atoms with van der Waals surface area (Å²) >= 11 is 1.53. The van der Waals surface area contributed by atoms with E-state index in [0.717, 1.165) is 10.7 Å². The van der Waals surface area contributed by atoms with Crippen LogP contribution in [0.2, 0.25) is 0 Å². The number of hydrogen-bond donors (Lipinski definition) is 1. The lowest BCUT2D eigenvalue weighted by Crippen LogP contribution is -2.52. The van der Waals surface area contributed by atoms with E-state index in [-0.39, 0.29) is 12.6 Å². The van der Waals surface area contributed by atoms with Gasteiger partial charge in [0.1, 0.15) is 6.54 Å². The molecular formula is C13H21N3O3S. The molecule has 20 heavy (non-hydrogen) atoms. The molecule has 112 valence electrons. The first-order chi connectivity index (χ1) is 9.11. The van der Waals surface area contributed by atoms with Crippen molar-refractivity contribution in [1.82, 2.24) is 14.8 Å². The molecule has 0 aliphatic carbocycles. The van der Waals surface area contributed by atoms with E-state index in [1.807, 2.05) is 33.1 Å². The molecule has 1 aromatic rings. The summed E-state index contributed by atoms with van der Waals surface area (Å²) in [6, 6.07) is -0.314. The Morgan fingerprint density at radius 3 is 2.40 bits per heavy atom. The first kappa shape index (κ1) is 16.4. The van der Waals surface area contributed by atoms with Crippen LogP contribution >= 0.6 is 11.3 Å². The van der Waals surface area contributed by atoms with Crippen molar-refractivity contribution >= 4 is 23.3 Å². The van der Waals surface area contributed by atoms with Gasteiger partial charge in [-0.05, 0) is 27.7 Å². The maximum Gasteiger partial charge on any atom is 0.323 e. The van der Waals surface area contributed by atoms with Crippen molar-refractivity contribution in [1.29, 1.82) is 0 Å². The minimum Gasteiger partial charge on any atom is -0.480 e. The van der Waals surface area contributed by atoms with Crippen molar-refractivity contribution in [2.75, 3.05) is 13.6 Å². The summed E-state index contributed by atoms with van der Waals surface area (Å²) in [4.78, 5) is 30.5. The van der Waals surface area contributed by atoms with E-state index in [0.29, 0.717) is 6.54 Å². The lowest BCUT2D eigenvalue weighted by Gasteiger charge is -2.37. The van der Waals surface area contributed by atoms with Crippen LogP contribution in [0.3, 0.4) is 0 Å². The molecule has 0 bridgehead atoms. The number of hydrogen-bond acceptors (Lipinski definition) is 4. The summed E-state index contributed by atoms with van der Waals surface area (Å²) in [6.45, 7) is 7.40. The van der Waals surface area contributed by atoms with Crippen molar-refractivity contribution in [3.63, 3.8) is 0 Å². The van der Waals surface area contributed by atoms with Crippen molar-refractivity contribution in [2.45, 2.75) is 39.8 Å². The Kier molecular flexibility index (Phi) is 5.10. The number of amides is 2. The van der Waals surface area contributed by atoms with Gasteiger partial charge in [-0.15, -0.1) is 11.3 Å². The fourth-order valence-electron chi connectivity index (χ4n) is 1.72. The lowest BCUT2D eigenvalue weighted by molar-refractivity contribution is -0.138. The van der Waals surface area contributed by atoms with E-state index < -0.39 is 11.5 Å². The quantitative estimate of drug-likeness (QED) is 0.925. The number of urea groups is 1. The van der Waals surface area contributed by atoms with Gasteiger partial charge in [0.05, 0.1) is 17.2 Å². The average molecular weight is 299 g/mol. The molecular weight excluding hydrogens is 278 g/mol. The largest absolute Gasteiger partial charge is 0.480 e. The third-order valence-corrected chi connectivity index (χ3v) is 3.55. The highest BCUT2D eigenvalue weighted by atomic mass is 32.1. The van der Waals surface area contributed by atoms with Gasteiger partial charge in [-0.2, -0.15) is 0 Å². The predicted molar refractivity (Wildman–Crippen MR) is 77.8 cm³/mol. The lowest BCUT2D eigenvalue weighted by atomic mass is 10.1. The topological polar surface area (TPSA) is 73.7 Å². The minimum absolute atomic E-state index is 0.314. The molecule has 1 aromatic heterocycles. The molecule has 0 spiro atoms. The number of thiazole rings is 1. The number of aliphatic carboxylic acids is 1. The maximum absolute atomic E-state index is 12.4. The van der Waals surface area contributed by atoms with Gasteiger partial charge in [-0.25, -0.2) is 9.78 Å². The van der Waals surface area contributed by atoms with Gasteiger partial charge in [-0.1, -0.05) is 0 Å². The zero-order chi connectivity index (χ0) is 15.5. The van der Waals surface area contributed by atoms with E-state index >= 15 is 0 Å². The number of aryl methyl sites for hydroxylation is 1.